The highest BCUT2D eigenvalue weighted by Crippen LogP contribution is 2.39. The summed E-state index contributed by atoms with van der Waals surface area (Å²) in [5.41, 5.74) is 2.39. The quantitative estimate of drug-likeness (QED) is 0.598. The Labute approximate surface area is 174 Å². The number of hydrogen-bond acceptors (Lipinski definition) is 4. The second-order valence-corrected chi connectivity index (χ2v) is 8.47. The molecule has 0 radical (unpaired) electrons. The number of hydrogen-bond donors (Lipinski definition) is 0. The highest BCUT2D eigenvalue weighted by molar-refractivity contribution is 6.36. The standard InChI is InChI=1S/C22H24ClFN4O/c1-29-18-4-2-3-16(24)20(18)15-7-10-27(11-8-15)17-9-12-28-19(13-14-5-6-14)25-26-22(28)21(17)23/h2-4,9,12,14-15H,5-8,10-11,13H2,1H3/i1-1. The number of halogens is 2. The fourth-order valence-electron chi connectivity index (χ4n) is 4.43. The van der Waals surface area contributed by atoms with Gasteiger partial charge in [0.2, 0.25) is 0 Å². The van der Waals surface area contributed by atoms with Crippen molar-refractivity contribution < 1.29 is 9.13 Å². The van der Waals surface area contributed by atoms with Crippen molar-refractivity contribution in [3.63, 3.8) is 0 Å². The number of nitrogens with zero attached hydrogens (tertiary/aromatic N) is 4. The average Bonchev–Trinajstić information content (AvgIpc) is 3.46. The lowest BCUT2D eigenvalue weighted by Crippen LogP contribution is -2.33. The Kier molecular flexibility index (Phi) is 4.82. The van der Waals surface area contributed by atoms with Gasteiger partial charge in [0.15, 0.2) is 5.65 Å². The number of rotatable bonds is 5. The van der Waals surface area contributed by atoms with Crippen LogP contribution < -0.4 is 9.64 Å². The molecule has 0 bridgehead atoms. The summed E-state index contributed by atoms with van der Waals surface area (Å²) < 4.78 is 21.9. The fraction of sp³-hybridized carbons (Fsp3) is 0.455. The maximum absolute atomic E-state index is 14.4. The summed E-state index contributed by atoms with van der Waals surface area (Å²) in [6.07, 6.45) is 7.24. The zero-order valence-electron chi connectivity index (χ0n) is 16.4. The molecule has 0 N–H and O–H groups in total. The van der Waals surface area contributed by atoms with E-state index in [1.165, 1.54) is 18.9 Å². The molecule has 5 nitrogen and oxygen atoms in total. The van der Waals surface area contributed by atoms with Gasteiger partial charge in [0.25, 0.3) is 0 Å². The number of pyridine rings is 1. The van der Waals surface area contributed by atoms with Crippen LogP contribution in [0.1, 0.15) is 43.0 Å². The summed E-state index contributed by atoms with van der Waals surface area (Å²) in [5.74, 6) is 2.32. The van der Waals surface area contributed by atoms with Crippen LogP contribution in [0.25, 0.3) is 5.65 Å². The molecule has 29 heavy (non-hydrogen) atoms. The topological polar surface area (TPSA) is 42.7 Å². The summed E-state index contributed by atoms with van der Waals surface area (Å²) in [6.45, 7) is 1.61. The molecule has 1 aliphatic carbocycles. The molecule has 0 amide bonds. The van der Waals surface area contributed by atoms with Crippen molar-refractivity contribution in [1.82, 2.24) is 14.6 Å². The Hall–Kier alpha value is -2.34. The number of ether oxygens (including phenoxy) is 1. The van der Waals surface area contributed by atoms with E-state index in [-0.39, 0.29) is 11.7 Å². The molecule has 1 aliphatic heterocycles. The molecule has 1 saturated heterocycles. The molecule has 152 valence electrons. The molecule has 2 aromatic heterocycles. The van der Waals surface area contributed by atoms with Crippen LogP contribution >= 0.6 is 11.6 Å². The van der Waals surface area contributed by atoms with Crippen molar-refractivity contribution in [2.45, 2.75) is 38.0 Å². The van der Waals surface area contributed by atoms with E-state index < -0.39 is 0 Å². The molecule has 3 heterocycles. The number of piperidine rings is 1. The van der Waals surface area contributed by atoms with Crippen LogP contribution in [-0.2, 0) is 6.42 Å². The second kappa shape index (κ2) is 7.48. The summed E-state index contributed by atoms with van der Waals surface area (Å²) in [7, 11) is 1.60. The lowest BCUT2D eigenvalue weighted by molar-refractivity contribution is 0.388. The molecule has 1 saturated carbocycles. The Morgan fingerprint density at radius 2 is 1.93 bits per heavy atom. The molecule has 5 rings (SSSR count). The van der Waals surface area contributed by atoms with Gasteiger partial charge in [-0.3, -0.25) is 4.40 Å². The van der Waals surface area contributed by atoms with Crippen LogP contribution in [0.15, 0.2) is 30.5 Å². The highest BCUT2D eigenvalue weighted by atomic mass is 35.5. The maximum Gasteiger partial charge on any atom is 0.181 e. The smallest absolute Gasteiger partial charge is 0.181 e. The van der Waals surface area contributed by atoms with E-state index in [0.717, 1.165) is 55.4 Å². The maximum atomic E-state index is 14.4. The van der Waals surface area contributed by atoms with Gasteiger partial charge in [0.05, 0.1) is 12.8 Å². The molecule has 3 aromatic rings. The van der Waals surface area contributed by atoms with E-state index in [1.807, 2.05) is 16.7 Å². The van der Waals surface area contributed by atoms with E-state index in [2.05, 4.69) is 21.2 Å². The van der Waals surface area contributed by atoms with Crippen molar-refractivity contribution in [3.05, 3.63) is 52.7 Å². The molecule has 2 fully saturated rings. The lowest BCUT2D eigenvalue weighted by atomic mass is 9.88. The van der Waals surface area contributed by atoms with Crippen LogP contribution in [0.4, 0.5) is 10.1 Å². The van der Waals surface area contributed by atoms with Gasteiger partial charge in [-0.15, -0.1) is 10.2 Å². The molecular weight excluding hydrogens is 390 g/mol. The zero-order chi connectivity index (χ0) is 20.0. The summed E-state index contributed by atoms with van der Waals surface area (Å²) in [6, 6.07) is 7.09. The van der Waals surface area contributed by atoms with Gasteiger partial charge in [-0.25, -0.2) is 4.39 Å². The van der Waals surface area contributed by atoms with Gasteiger partial charge in [-0.05, 0) is 55.7 Å². The first-order valence-electron chi connectivity index (χ1n) is 10.2. The largest absolute Gasteiger partial charge is 0.496 e. The zero-order valence-corrected chi connectivity index (χ0v) is 17.2. The van der Waals surface area contributed by atoms with E-state index in [1.54, 1.807) is 13.2 Å². The van der Waals surface area contributed by atoms with Crippen molar-refractivity contribution in [2.75, 3.05) is 25.1 Å². The summed E-state index contributed by atoms with van der Waals surface area (Å²) in [5, 5.41) is 9.34. The van der Waals surface area contributed by atoms with Gasteiger partial charge < -0.3 is 9.64 Å². The number of fused-ring (bicyclic) bond motifs is 1. The highest BCUT2D eigenvalue weighted by Gasteiger charge is 2.28. The first-order valence-corrected chi connectivity index (χ1v) is 10.6. The molecule has 7 heteroatoms. The predicted octanol–water partition coefficient (Wildman–Crippen LogP) is 4.87. The number of benzene rings is 1. The Balaban J connectivity index is 1.36. The number of methoxy groups -OCH3 is 1. The summed E-state index contributed by atoms with van der Waals surface area (Å²) >= 11 is 6.72. The summed E-state index contributed by atoms with van der Waals surface area (Å²) in [4.78, 5) is 2.27. The normalized spacial score (nSPS) is 17.8. The van der Waals surface area contributed by atoms with Gasteiger partial charge >= 0.3 is 0 Å². The van der Waals surface area contributed by atoms with E-state index >= 15 is 0 Å². The van der Waals surface area contributed by atoms with Crippen LogP contribution in [0.3, 0.4) is 0 Å². The van der Waals surface area contributed by atoms with Crippen molar-refractivity contribution in [2.24, 2.45) is 5.92 Å². The number of anilines is 1. The van der Waals surface area contributed by atoms with Crippen molar-refractivity contribution >= 4 is 22.9 Å². The van der Waals surface area contributed by atoms with E-state index in [4.69, 9.17) is 16.3 Å². The Morgan fingerprint density at radius 3 is 2.66 bits per heavy atom. The first-order chi connectivity index (χ1) is 14.2. The van der Waals surface area contributed by atoms with Gasteiger partial charge in [-0.1, -0.05) is 17.7 Å². The predicted molar refractivity (Wildman–Crippen MR) is 112 cm³/mol. The van der Waals surface area contributed by atoms with Crippen LogP contribution in [-0.4, -0.2) is 34.8 Å². The monoisotopic (exact) mass is 413 g/mol. The fourth-order valence-corrected chi connectivity index (χ4v) is 4.74. The van der Waals surface area contributed by atoms with Crippen LogP contribution in [0.2, 0.25) is 5.02 Å². The molecule has 0 spiro atoms. The van der Waals surface area contributed by atoms with Crippen LogP contribution in [0.5, 0.6) is 5.75 Å². The van der Waals surface area contributed by atoms with Gasteiger partial charge in [-0.2, -0.15) is 0 Å². The Bertz CT molecular complexity index is 1040. The average molecular weight is 414 g/mol. The van der Waals surface area contributed by atoms with Crippen molar-refractivity contribution in [1.29, 1.82) is 0 Å². The minimum Gasteiger partial charge on any atom is -0.496 e. The SMILES string of the molecule is [11CH3]Oc1cccc(F)c1C1CCN(c2ccn3c(CC4CC4)nnc3c2Cl)CC1. The van der Waals surface area contributed by atoms with E-state index in [0.29, 0.717) is 16.3 Å². The molecule has 0 atom stereocenters. The van der Waals surface area contributed by atoms with E-state index in [9.17, 15) is 4.39 Å². The molecule has 1 aromatic carbocycles. The third-order valence-corrected chi connectivity index (χ3v) is 6.58. The third-order valence-electron chi connectivity index (χ3n) is 6.21. The lowest BCUT2D eigenvalue weighted by Gasteiger charge is -2.34. The molecule has 0 unspecified atom stereocenters. The van der Waals surface area contributed by atoms with Crippen LogP contribution in [0, 0.1) is 11.7 Å². The minimum absolute atomic E-state index is 0.142. The van der Waals surface area contributed by atoms with Crippen molar-refractivity contribution in [3.8, 4) is 5.75 Å². The second-order valence-electron chi connectivity index (χ2n) is 8.09. The minimum atomic E-state index is -0.186. The number of aromatic nitrogens is 3. The van der Waals surface area contributed by atoms with Gasteiger partial charge in [0.1, 0.15) is 22.4 Å². The molecule has 2 aliphatic rings. The molecular formula is C22H24ClFN4O. The Morgan fingerprint density at radius 1 is 1.14 bits per heavy atom. The third kappa shape index (κ3) is 3.44. The van der Waals surface area contributed by atoms with Gasteiger partial charge in [0, 0.05) is 31.3 Å². The first kappa shape index (κ1) is 18.7.